The highest BCUT2D eigenvalue weighted by molar-refractivity contribution is 7.80. The number of halogens is 2. The van der Waals surface area contributed by atoms with Crippen molar-refractivity contribution < 1.29 is 4.79 Å². The maximum absolute atomic E-state index is 12.1. The number of benzene rings is 1. The number of aromatic nitrogens is 4. The molecule has 10 heteroatoms. The second-order valence-corrected chi connectivity index (χ2v) is 5.51. The smallest absolute Gasteiger partial charge is 0.258 e. The summed E-state index contributed by atoms with van der Waals surface area (Å²) in [6.07, 6.45) is 0.860. The van der Waals surface area contributed by atoms with Gasteiger partial charge in [-0.2, -0.15) is 0 Å². The van der Waals surface area contributed by atoms with Crippen LogP contribution in [0.25, 0.3) is 0 Å². The highest BCUT2D eigenvalue weighted by Gasteiger charge is 2.14. The van der Waals surface area contributed by atoms with Gasteiger partial charge in [-0.1, -0.05) is 35.2 Å². The summed E-state index contributed by atoms with van der Waals surface area (Å²) >= 11 is 16.8. The predicted octanol–water partition coefficient (Wildman–Crippen LogP) is 2.52. The van der Waals surface area contributed by atoms with Gasteiger partial charge in [0, 0.05) is 11.6 Å². The number of rotatable bonds is 4. The molecule has 22 heavy (non-hydrogen) atoms. The van der Waals surface area contributed by atoms with Gasteiger partial charge in [0.2, 0.25) is 5.95 Å². The summed E-state index contributed by atoms with van der Waals surface area (Å²) in [6.45, 7) is 2.63. The van der Waals surface area contributed by atoms with Crippen LogP contribution in [0.2, 0.25) is 10.0 Å². The Bertz CT molecular complexity index is 705. The lowest BCUT2D eigenvalue weighted by Gasteiger charge is -2.10. The second kappa shape index (κ2) is 7.48. The number of anilines is 1. The molecule has 0 radical (unpaired) electrons. The van der Waals surface area contributed by atoms with Gasteiger partial charge < -0.3 is 0 Å². The molecule has 1 heterocycles. The van der Waals surface area contributed by atoms with Crippen LogP contribution in [-0.4, -0.2) is 31.2 Å². The number of carbonyl (C=O) groups excluding carboxylic acids is 1. The van der Waals surface area contributed by atoms with Gasteiger partial charge in [0.1, 0.15) is 0 Å². The molecule has 0 fully saturated rings. The fraction of sp³-hybridized carbons (Fsp3) is 0.250. The molecule has 0 unspecified atom stereocenters. The first-order valence-electron chi connectivity index (χ1n) is 6.34. The zero-order valence-electron chi connectivity index (χ0n) is 11.5. The van der Waals surface area contributed by atoms with Gasteiger partial charge in [-0.15, -0.1) is 0 Å². The van der Waals surface area contributed by atoms with E-state index in [0.717, 1.165) is 6.42 Å². The lowest BCUT2D eigenvalue weighted by molar-refractivity contribution is 0.0978. The Balaban J connectivity index is 2.02. The van der Waals surface area contributed by atoms with Crippen LogP contribution in [-0.2, 0) is 6.54 Å². The van der Waals surface area contributed by atoms with Gasteiger partial charge in [0.05, 0.1) is 10.6 Å². The van der Waals surface area contributed by atoms with Crippen molar-refractivity contribution in [1.82, 2.24) is 25.5 Å². The van der Waals surface area contributed by atoms with Gasteiger partial charge in [0.15, 0.2) is 5.11 Å². The second-order valence-electron chi connectivity index (χ2n) is 4.26. The quantitative estimate of drug-likeness (QED) is 0.816. The molecule has 116 valence electrons. The SMILES string of the molecule is CCCn1nnnc1NC(=S)NC(=O)c1ccc(Cl)cc1Cl. The molecule has 2 N–H and O–H groups in total. The van der Waals surface area contributed by atoms with Crippen molar-refractivity contribution in [3.8, 4) is 0 Å². The molecule has 0 aliphatic heterocycles. The number of carbonyl (C=O) groups is 1. The van der Waals surface area contributed by atoms with Gasteiger partial charge >= 0.3 is 0 Å². The van der Waals surface area contributed by atoms with Crippen LogP contribution in [0.15, 0.2) is 18.2 Å². The maximum atomic E-state index is 12.1. The third-order valence-electron chi connectivity index (χ3n) is 2.60. The zero-order chi connectivity index (χ0) is 16.1. The Kier molecular flexibility index (Phi) is 5.64. The van der Waals surface area contributed by atoms with E-state index in [2.05, 4.69) is 26.2 Å². The van der Waals surface area contributed by atoms with Crippen LogP contribution in [0.1, 0.15) is 23.7 Å². The van der Waals surface area contributed by atoms with Gasteiger partial charge in [-0.25, -0.2) is 4.68 Å². The topological polar surface area (TPSA) is 84.7 Å². The molecular formula is C12H12Cl2N6OS. The molecule has 1 amide bonds. The molecule has 0 bridgehead atoms. The van der Waals surface area contributed by atoms with Crippen LogP contribution in [0, 0.1) is 0 Å². The van der Waals surface area contributed by atoms with E-state index in [-0.39, 0.29) is 15.7 Å². The standard InChI is InChI=1S/C12H12Cl2N6OS/c1-2-5-20-11(17-18-19-20)16-12(22)15-10(21)8-4-3-7(13)6-9(8)14/h3-4,6H,2,5H2,1H3,(H2,15,16,17,19,21,22). The number of nitrogens with zero attached hydrogens (tertiary/aromatic N) is 4. The van der Waals surface area contributed by atoms with E-state index < -0.39 is 5.91 Å². The third kappa shape index (κ3) is 4.12. The highest BCUT2D eigenvalue weighted by atomic mass is 35.5. The Morgan fingerprint density at radius 1 is 1.41 bits per heavy atom. The normalized spacial score (nSPS) is 10.3. The number of hydrogen-bond acceptors (Lipinski definition) is 5. The van der Waals surface area contributed by atoms with Crippen LogP contribution in [0.5, 0.6) is 0 Å². The number of hydrogen-bond donors (Lipinski definition) is 2. The fourth-order valence-corrected chi connectivity index (χ4v) is 2.31. The molecule has 0 saturated carbocycles. The van der Waals surface area contributed by atoms with Crippen molar-refractivity contribution in [1.29, 1.82) is 0 Å². The van der Waals surface area contributed by atoms with Crippen molar-refractivity contribution in [3.63, 3.8) is 0 Å². The van der Waals surface area contributed by atoms with Gasteiger partial charge in [-0.05, 0) is 47.3 Å². The summed E-state index contributed by atoms with van der Waals surface area (Å²) in [7, 11) is 0. The molecule has 0 atom stereocenters. The summed E-state index contributed by atoms with van der Waals surface area (Å²) in [5, 5.41) is 17.2. The molecule has 2 rings (SSSR count). The minimum Gasteiger partial charge on any atom is -0.300 e. The molecule has 7 nitrogen and oxygen atoms in total. The van der Waals surface area contributed by atoms with E-state index in [1.807, 2.05) is 6.92 Å². The first-order valence-corrected chi connectivity index (χ1v) is 7.51. The van der Waals surface area contributed by atoms with E-state index in [4.69, 9.17) is 35.4 Å². The molecule has 0 aliphatic rings. The average molecular weight is 359 g/mol. The molecule has 1 aromatic heterocycles. The molecule has 0 aliphatic carbocycles. The van der Waals surface area contributed by atoms with Gasteiger partial charge in [-0.3, -0.25) is 15.4 Å². The fourth-order valence-electron chi connectivity index (χ4n) is 1.63. The molecule has 0 saturated heterocycles. The zero-order valence-corrected chi connectivity index (χ0v) is 13.8. The number of tetrazole rings is 1. The van der Waals surface area contributed by atoms with E-state index in [9.17, 15) is 4.79 Å². The summed E-state index contributed by atoms with van der Waals surface area (Å²) in [5.41, 5.74) is 0.267. The largest absolute Gasteiger partial charge is 0.300 e. The first-order chi connectivity index (χ1) is 10.5. The lowest BCUT2D eigenvalue weighted by atomic mass is 10.2. The third-order valence-corrected chi connectivity index (χ3v) is 3.35. The number of nitrogens with one attached hydrogen (secondary N) is 2. The highest BCUT2D eigenvalue weighted by Crippen LogP contribution is 2.20. The minimum atomic E-state index is -0.450. The number of aryl methyl sites for hydroxylation is 1. The number of amides is 1. The predicted molar refractivity (Wildman–Crippen MR) is 88.3 cm³/mol. The van der Waals surface area contributed by atoms with E-state index in [0.29, 0.717) is 17.5 Å². The van der Waals surface area contributed by atoms with E-state index in [1.165, 1.54) is 12.1 Å². The monoisotopic (exact) mass is 358 g/mol. The van der Waals surface area contributed by atoms with Crippen molar-refractivity contribution in [2.75, 3.05) is 5.32 Å². The summed E-state index contributed by atoms with van der Waals surface area (Å²) in [6, 6.07) is 4.57. The summed E-state index contributed by atoms with van der Waals surface area (Å²) < 4.78 is 1.55. The Labute approximate surface area is 142 Å². The van der Waals surface area contributed by atoms with Crippen molar-refractivity contribution in [2.45, 2.75) is 19.9 Å². The Morgan fingerprint density at radius 3 is 2.86 bits per heavy atom. The Morgan fingerprint density at radius 2 is 2.18 bits per heavy atom. The van der Waals surface area contributed by atoms with Crippen LogP contribution >= 0.6 is 35.4 Å². The van der Waals surface area contributed by atoms with Gasteiger partial charge in [0.25, 0.3) is 5.91 Å². The number of thiocarbonyl (C=S) groups is 1. The van der Waals surface area contributed by atoms with E-state index >= 15 is 0 Å². The molecular weight excluding hydrogens is 347 g/mol. The Hall–Kier alpha value is -1.77. The molecule has 1 aromatic carbocycles. The lowest BCUT2D eigenvalue weighted by Crippen LogP contribution is -2.35. The van der Waals surface area contributed by atoms with Crippen molar-refractivity contribution in [2.24, 2.45) is 0 Å². The minimum absolute atomic E-state index is 0.0724. The average Bonchev–Trinajstić information content (AvgIpc) is 2.86. The van der Waals surface area contributed by atoms with Crippen molar-refractivity contribution >= 4 is 52.4 Å². The van der Waals surface area contributed by atoms with Crippen LogP contribution < -0.4 is 10.6 Å². The summed E-state index contributed by atoms with van der Waals surface area (Å²) in [5.74, 6) is -0.0944. The van der Waals surface area contributed by atoms with E-state index in [1.54, 1.807) is 10.7 Å². The first kappa shape index (κ1) is 16.6. The maximum Gasteiger partial charge on any atom is 0.258 e. The molecule has 2 aromatic rings. The molecule has 0 spiro atoms. The van der Waals surface area contributed by atoms with Crippen LogP contribution in [0.4, 0.5) is 5.95 Å². The van der Waals surface area contributed by atoms with Crippen molar-refractivity contribution in [3.05, 3.63) is 33.8 Å². The van der Waals surface area contributed by atoms with Crippen LogP contribution in [0.3, 0.4) is 0 Å². The summed E-state index contributed by atoms with van der Waals surface area (Å²) in [4.78, 5) is 12.1.